The Morgan fingerprint density at radius 2 is 1.65 bits per heavy atom. The minimum Gasteiger partial charge on any atom is -0.304 e. The molecule has 0 saturated heterocycles. The van der Waals surface area contributed by atoms with Gasteiger partial charge in [0.25, 0.3) is 5.56 Å². The van der Waals surface area contributed by atoms with Crippen molar-refractivity contribution in [2.45, 2.75) is 0 Å². The summed E-state index contributed by atoms with van der Waals surface area (Å²) in [5.74, 6) is -0.0208. The Balaban J connectivity index is 2.00. The maximum Gasteiger partial charge on any atom is 0.326 e. The van der Waals surface area contributed by atoms with E-state index in [1.165, 1.54) is 22.9 Å². The molecule has 8 heteroatoms. The molecule has 0 aliphatic heterocycles. The number of para-hydroxylation sites is 1. The van der Waals surface area contributed by atoms with Gasteiger partial charge in [0.05, 0.1) is 5.69 Å². The molecule has 0 unspecified atom stereocenters. The maximum atomic E-state index is 14.3. The van der Waals surface area contributed by atoms with Gasteiger partial charge in [-0.3, -0.25) is 9.78 Å². The maximum absolute atomic E-state index is 14.3. The molecule has 0 atom stereocenters. The molecule has 2 heterocycles. The van der Waals surface area contributed by atoms with E-state index in [9.17, 15) is 14.0 Å². The van der Waals surface area contributed by atoms with Crippen LogP contribution in [0.25, 0.3) is 28.6 Å². The van der Waals surface area contributed by atoms with Crippen LogP contribution in [0.2, 0.25) is 0 Å². The summed E-state index contributed by atoms with van der Waals surface area (Å²) in [5.41, 5.74) is -0.268. The van der Waals surface area contributed by atoms with Crippen molar-refractivity contribution in [3.05, 3.63) is 87.3 Å². The van der Waals surface area contributed by atoms with Crippen molar-refractivity contribution in [3.63, 3.8) is 0 Å². The number of aromatic amines is 2. The molecular formula is C18H12FN5O2. The summed E-state index contributed by atoms with van der Waals surface area (Å²) in [6, 6.07) is 16.4. The summed E-state index contributed by atoms with van der Waals surface area (Å²) in [6.45, 7) is 0. The summed E-state index contributed by atoms with van der Waals surface area (Å²) < 4.78 is 15.6. The van der Waals surface area contributed by atoms with Gasteiger partial charge in [0.2, 0.25) is 0 Å². The Bertz CT molecular complexity index is 1170. The van der Waals surface area contributed by atoms with E-state index in [2.05, 4.69) is 20.1 Å². The molecule has 0 saturated carbocycles. The van der Waals surface area contributed by atoms with E-state index in [1.807, 2.05) is 30.3 Å². The molecule has 0 aliphatic carbocycles. The van der Waals surface area contributed by atoms with Crippen LogP contribution >= 0.6 is 0 Å². The first kappa shape index (κ1) is 15.7. The van der Waals surface area contributed by atoms with Gasteiger partial charge in [0.1, 0.15) is 11.5 Å². The van der Waals surface area contributed by atoms with Crippen molar-refractivity contribution in [3.8, 4) is 28.6 Å². The van der Waals surface area contributed by atoms with Crippen molar-refractivity contribution < 1.29 is 4.39 Å². The third kappa shape index (κ3) is 2.84. The predicted molar refractivity (Wildman–Crippen MR) is 93.4 cm³/mol. The first-order chi connectivity index (χ1) is 12.6. The molecular weight excluding hydrogens is 337 g/mol. The van der Waals surface area contributed by atoms with Crippen molar-refractivity contribution in [1.82, 2.24) is 24.7 Å². The molecule has 2 aromatic carbocycles. The fraction of sp³-hybridized carbons (Fsp3) is 0. The lowest BCUT2D eigenvalue weighted by atomic mass is 10.2. The van der Waals surface area contributed by atoms with Crippen LogP contribution in [0.15, 0.2) is 70.3 Å². The minimum absolute atomic E-state index is 0.136. The van der Waals surface area contributed by atoms with E-state index in [4.69, 9.17) is 0 Å². The van der Waals surface area contributed by atoms with E-state index in [1.54, 1.807) is 12.1 Å². The van der Waals surface area contributed by atoms with Gasteiger partial charge in [-0.2, -0.15) is 0 Å². The number of hydrogen-bond donors (Lipinski definition) is 2. The second-order valence-electron chi connectivity index (χ2n) is 5.49. The highest BCUT2D eigenvalue weighted by Gasteiger charge is 2.18. The van der Waals surface area contributed by atoms with Gasteiger partial charge in [-0.25, -0.2) is 18.9 Å². The van der Waals surface area contributed by atoms with Crippen LogP contribution in [-0.2, 0) is 0 Å². The quantitative estimate of drug-likeness (QED) is 0.592. The number of rotatable bonds is 3. The Morgan fingerprint density at radius 3 is 2.38 bits per heavy atom. The predicted octanol–water partition coefficient (Wildman–Crippen LogP) is 2.12. The third-order valence-electron chi connectivity index (χ3n) is 3.72. The molecule has 7 nitrogen and oxygen atoms in total. The summed E-state index contributed by atoms with van der Waals surface area (Å²) in [6.07, 6.45) is 0. The van der Waals surface area contributed by atoms with Gasteiger partial charge >= 0.3 is 5.69 Å². The average Bonchev–Trinajstić information content (AvgIpc) is 3.07. The molecule has 4 aromatic rings. The average molecular weight is 349 g/mol. The van der Waals surface area contributed by atoms with Crippen LogP contribution < -0.4 is 11.2 Å². The molecule has 0 amide bonds. The Kier molecular flexibility index (Phi) is 3.77. The molecule has 0 spiro atoms. The zero-order valence-corrected chi connectivity index (χ0v) is 13.3. The van der Waals surface area contributed by atoms with Gasteiger partial charge < -0.3 is 4.98 Å². The lowest BCUT2D eigenvalue weighted by molar-refractivity contribution is 0.611. The fourth-order valence-electron chi connectivity index (χ4n) is 2.58. The first-order valence-corrected chi connectivity index (χ1v) is 7.73. The second kappa shape index (κ2) is 6.25. The van der Waals surface area contributed by atoms with E-state index in [0.717, 1.165) is 5.56 Å². The molecule has 2 N–H and O–H groups in total. The molecule has 2 aromatic heterocycles. The zero-order chi connectivity index (χ0) is 18.1. The van der Waals surface area contributed by atoms with E-state index in [-0.39, 0.29) is 17.2 Å². The van der Waals surface area contributed by atoms with Crippen LogP contribution in [0.1, 0.15) is 0 Å². The number of nitrogens with one attached hydrogen (secondary N) is 2. The summed E-state index contributed by atoms with van der Waals surface area (Å²) in [7, 11) is 0. The van der Waals surface area contributed by atoms with E-state index >= 15 is 0 Å². The topological polar surface area (TPSA) is 96.4 Å². The van der Waals surface area contributed by atoms with Crippen LogP contribution in [0.3, 0.4) is 0 Å². The number of hydrogen-bond acceptors (Lipinski definition) is 4. The monoisotopic (exact) mass is 349 g/mol. The second-order valence-corrected chi connectivity index (χ2v) is 5.49. The lowest BCUT2D eigenvalue weighted by Crippen LogP contribution is -2.22. The fourth-order valence-corrected chi connectivity index (χ4v) is 2.58. The number of nitrogens with zero attached hydrogens (tertiary/aromatic N) is 3. The number of aromatic nitrogens is 5. The van der Waals surface area contributed by atoms with Crippen molar-refractivity contribution in [2.75, 3.05) is 0 Å². The van der Waals surface area contributed by atoms with Crippen LogP contribution in [0, 0.1) is 5.82 Å². The van der Waals surface area contributed by atoms with Crippen molar-refractivity contribution in [1.29, 1.82) is 0 Å². The number of halogens is 1. The normalized spacial score (nSPS) is 10.8. The summed E-state index contributed by atoms with van der Waals surface area (Å²) in [4.78, 5) is 32.3. The Morgan fingerprint density at radius 1 is 0.923 bits per heavy atom. The highest BCUT2D eigenvalue weighted by Crippen LogP contribution is 2.24. The van der Waals surface area contributed by atoms with E-state index < -0.39 is 17.1 Å². The smallest absolute Gasteiger partial charge is 0.304 e. The molecule has 0 radical (unpaired) electrons. The van der Waals surface area contributed by atoms with Gasteiger partial charge in [0, 0.05) is 11.6 Å². The van der Waals surface area contributed by atoms with Crippen LogP contribution in [-0.4, -0.2) is 24.7 Å². The molecule has 128 valence electrons. The molecule has 26 heavy (non-hydrogen) atoms. The number of benzene rings is 2. The van der Waals surface area contributed by atoms with Gasteiger partial charge in [-0.1, -0.05) is 42.5 Å². The summed E-state index contributed by atoms with van der Waals surface area (Å²) >= 11 is 0. The summed E-state index contributed by atoms with van der Waals surface area (Å²) in [5, 5.41) is 4.38. The Labute approximate surface area is 145 Å². The van der Waals surface area contributed by atoms with E-state index in [0.29, 0.717) is 5.82 Å². The minimum atomic E-state index is -0.683. The molecule has 0 fully saturated rings. The molecule has 0 bridgehead atoms. The lowest BCUT2D eigenvalue weighted by Gasteiger charge is -2.06. The van der Waals surface area contributed by atoms with Gasteiger partial charge in [0.15, 0.2) is 11.6 Å². The SMILES string of the molecule is O=c1cc(-c2nc(-c3ccccc3)nn2-c2ccccc2F)[nH]c(=O)[nH]1. The molecule has 0 aliphatic rings. The van der Waals surface area contributed by atoms with Crippen molar-refractivity contribution >= 4 is 0 Å². The third-order valence-corrected chi connectivity index (χ3v) is 3.72. The largest absolute Gasteiger partial charge is 0.326 e. The number of H-pyrrole nitrogens is 2. The highest BCUT2D eigenvalue weighted by molar-refractivity contribution is 5.61. The Hall–Kier alpha value is -3.81. The standard InChI is InChI=1S/C18H12FN5O2/c19-12-8-4-5-9-14(12)24-17(13-10-15(25)21-18(26)20-13)22-16(23-24)11-6-2-1-3-7-11/h1-10H,(H2,20,21,25,26). The highest BCUT2D eigenvalue weighted by atomic mass is 19.1. The molecule has 4 rings (SSSR count). The van der Waals surface area contributed by atoms with Crippen molar-refractivity contribution in [2.24, 2.45) is 0 Å². The first-order valence-electron chi connectivity index (χ1n) is 7.73. The van der Waals surface area contributed by atoms with Crippen LogP contribution in [0.4, 0.5) is 4.39 Å². The van der Waals surface area contributed by atoms with Gasteiger partial charge in [-0.05, 0) is 12.1 Å². The van der Waals surface area contributed by atoms with Gasteiger partial charge in [-0.15, -0.1) is 5.10 Å². The van der Waals surface area contributed by atoms with Crippen LogP contribution in [0.5, 0.6) is 0 Å². The zero-order valence-electron chi connectivity index (χ0n) is 13.3.